The van der Waals surface area contributed by atoms with Crippen LogP contribution in [0.3, 0.4) is 0 Å². The van der Waals surface area contributed by atoms with E-state index in [4.69, 9.17) is 16.9 Å². The van der Waals surface area contributed by atoms with Crippen LogP contribution in [0.5, 0.6) is 0 Å². The van der Waals surface area contributed by atoms with E-state index in [2.05, 4.69) is 21.2 Å². The van der Waals surface area contributed by atoms with Gasteiger partial charge < -0.3 is 5.32 Å². The largest absolute Gasteiger partial charge is 0.321 e. The molecule has 0 bridgehead atoms. The first kappa shape index (κ1) is 15.8. The molecule has 3 nitrogen and oxygen atoms in total. The second-order valence-corrected chi connectivity index (χ2v) is 6.55. The number of carbonyl (C=O) groups excluding carboxylic acids is 1. The Hall–Kier alpha value is -1.61. The van der Waals surface area contributed by atoms with E-state index in [1.807, 2.05) is 30.5 Å². The van der Waals surface area contributed by atoms with E-state index >= 15 is 0 Å². The number of anilines is 1. The quantitative estimate of drug-likeness (QED) is 0.599. The summed E-state index contributed by atoms with van der Waals surface area (Å²) in [5.41, 5.74) is 1.52. The van der Waals surface area contributed by atoms with E-state index in [9.17, 15) is 4.79 Å². The number of hydrogen-bond acceptors (Lipinski definition) is 3. The number of thiophene rings is 1. The molecule has 0 aliphatic carbocycles. The third-order valence-electron chi connectivity index (χ3n) is 2.69. The van der Waals surface area contributed by atoms with Crippen LogP contribution in [0.4, 0.5) is 5.69 Å². The van der Waals surface area contributed by atoms with Gasteiger partial charge in [-0.2, -0.15) is 5.26 Å². The zero-order chi connectivity index (χ0) is 15.4. The van der Waals surface area contributed by atoms with Crippen molar-refractivity contribution in [2.75, 3.05) is 5.32 Å². The number of nitrogens with one attached hydrogen (secondary N) is 1. The number of halogens is 2. The summed E-state index contributed by atoms with van der Waals surface area (Å²) in [6.45, 7) is 1.86. The Kier molecular flexibility index (Phi) is 5.18. The normalized spacial score (nSPS) is 11.0. The van der Waals surface area contributed by atoms with Crippen LogP contribution in [0.1, 0.15) is 10.4 Å². The minimum atomic E-state index is -0.451. The van der Waals surface area contributed by atoms with Crippen molar-refractivity contribution in [2.45, 2.75) is 6.92 Å². The highest BCUT2D eigenvalue weighted by molar-refractivity contribution is 9.10. The highest BCUT2D eigenvalue weighted by atomic mass is 79.9. The number of amides is 1. The van der Waals surface area contributed by atoms with Crippen molar-refractivity contribution in [1.82, 2.24) is 0 Å². The van der Waals surface area contributed by atoms with Crippen molar-refractivity contribution in [1.29, 1.82) is 5.26 Å². The average molecular weight is 382 g/mol. The molecule has 0 aliphatic heterocycles. The topological polar surface area (TPSA) is 52.9 Å². The fourth-order valence-corrected chi connectivity index (χ4v) is 3.16. The fourth-order valence-electron chi connectivity index (χ4n) is 1.61. The van der Waals surface area contributed by atoms with Gasteiger partial charge in [-0.3, -0.25) is 4.79 Å². The molecule has 0 saturated carbocycles. The fraction of sp³-hybridized carbons (Fsp3) is 0.0667. The Morgan fingerprint density at radius 1 is 1.48 bits per heavy atom. The first-order chi connectivity index (χ1) is 9.99. The maximum Gasteiger partial charge on any atom is 0.266 e. The number of carbonyl (C=O) groups is 1. The molecule has 1 aromatic carbocycles. The SMILES string of the molecule is Cc1ccc(Cl)cc1NC(=O)/C(C#N)=C/c1cc(Br)cs1. The first-order valence-corrected chi connectivity index (χ1v) is 7.98. The van der Waals surface area contributed by atoms with Gasteiger partial charge in [0.15, 0.2) is 0 Å². The van der Waals surface area contributed by atoms with Crippen LogP contribution < -0.4 is 5.32 Å². The summed E-state index contributed by atoms with van der Waals surface area (Å²) < 4.78 is 0.919. The summed E-state index contributed by atoms with van der Waals surface area (Å²) in [6.07, 6.45) is 1.56. The van der Waals surface area contributed by atoms with Crippen LogP contribution in [0.2, 0.25) is 5.02 Å². The van der Waals surface area contributed by atoms with E-state index in [1.54, 1.807) is 18.2 Å². The van der Waals surface area contributed by atoms with Crippen LogP contribution in [0.25, 0.3) is 6.08 Å². The molecule has 106 valence electrons. The molecule has 6 heteroatoms. The highest BCUT2D eigenvalue weighted by Crippen LogP contribution is 2.23. The zero-order valence-electron chi connectivity index (χ0n) is 11.0. The summed E-state index contributed by atoms with van der Waals surface area (Å²) in [7, 11) is 0. The van der Waals surface area contributed by atoms with Gasteiger partial charge in [0.25, 0.3) is 5.91 Å². The van der Waals surface area contributed by atoms with Gasteiger partial charge >= 0.3 is 0 Å². The molecule has 2 rings (SSSR count). The molecular formula is C15H10BrClN2OS. The molecule has 0 spiro atoms. The molecule has 2 aromatic rings. The standard InChI is InChI=1S/C15H10BrClN2OS/c1-9-2-3-12(17)6-14(9)19-15(20)10(7-18)4-13-5-11(16)8-21-13/h2-6,8H,1H3,(H,19,20)/b10-4+. The van der Waals surface area contributed by atoms with Crippen molar-refractivity contribution in [3.8, 4) is 6.07 Å². The molecule has 0 atom stereocenters. The smallest absolute Gasteiger partial charge is 0.266 e. The summed E-state index contributed by atoms with van der Waals surface area (Å²) >= 11 is 10.7. The van der Waals surface area contributed by atoms with Gasteiger partial charge in [0.1, 0.15) is 11.6 Å². The van der Waals surface area contributed by atoms with Gasteiger partial charge in [0.05, 0.1) is 0 Å². The van der Waals surface area contributed by atoms with Gasteiger partial charge in [-0.1, -0.05) is 17.7 Å². The summed E-state index contributed by atoms with van der Waals surface area (Å²) in [4.78, 5) is 13.0. The molecule has 0 aliphatic rings. The van der Waals surface area contributed by atoms with Crippen molar-refractivity contribution in [3.05, 3.63) is 55.2 Å². The second-order valence-electron chi connectivity index (χ2n) is 4.25. The van der Waals surface area contributed by atoms with Crippen LogP contribution in [-0.2, 0) is 4.79 Å². The first-order valence-electron chi connectivity index (χ1n) is 5.93. The van der Waals surface area contributed by atoms with Gasteiger partial charge in [-0.25, -0.2) is 0 Å². The molecule has 0 saturated heterocycles. The molecule has 1 amide bonds. The van der Waals surface area contributed by atoms with E-state index in [0.29, 0.717) is 10.7 Å². The van der Waals surface area contributed by atoms with Crippen molar-refractivity contribution in [3.63, 3.8) is 0 Å². The van der Waals surface area contributed by atoms with Crippen LogP contribution in [-0.4, -0.2) is 5.91 Å². The predicted octanol–water partition coefficient (Wildman–Crippen LogP) is 5.02. The van der Waals surface area contributed by atoms with Gasteiger partial charge in [0.2, 0.25) is 0 Å². The lowest BCUT2D eigenvalue weighted by molar-refractivity contribution is -0.112. The number of rotatable bonds is 3. The summed E-state index contributed by atoms with van der Waals surface area (Å²) in [6, 6.07) is 8.98. The minimum absolute atomic E-state index is 0.0451. The van der Waals surface area contributed by atoms with Crippen molar-refractivity contribution >= 4 is 56.5 Å². The third-order valence-corrected chi connectivity index (χ3v) is 4.56. The monoisotopic (exact) mass is 380 g/mol. The Bertz CT molecular complexity index is 761. The van der Waals surface area contributed by atoms with E-state index < -0.39 is 5.91 Å². The maximum absolute atomic E-state index is 12.2. The van der Waals surface area contributed by atoms with Gasteiger partial charge in [-0.15, -0.1) is 11.3 Å². The lowest BCUT2D eigenvalue weighted by atomic mass is 10.2. The molecule has 1 heterocycles. The number of hydrogen-bond donors (Lipinski definition) is 1. The predicted molar refractivity (Wildman–Crippen MR) is 90.4 cm³/mol. The van der Waals surface area contributed by atoms with Gasteiger partial charge in [0, 0.05) is 25.4 Å². The highest BCUT2D eigenvalue weighted by Gasteiger charge is 2.11. The van der Waals surface area contributed by atoms with E-state index in [1.165, 1.54) is 11.3 Å². The Morgan fingerprint density at radius 2 is 2.24 bits per heavy atom. The number of nitrogens with zero attached hydrogens (tertiary/aromatic N) is 1. The van der Waals surface area contributed by atoms with E-state index in [0.717, 1.165) is 14.9 Å². The molecule has 0 unspecified atom stereocenters. The maximum atomic E-state index is 12.2. The number of benzene rings is 1. The Labute approximate surface area is 140 Å². The third kappa shape index (κ3) is 4.18. The molecule has 21 heavy (non-hydrogen) atoms. The summed E-state index contributed by atoms with van der Waals surface area (Å²) in [5.74, 6) is -0.451. The second kappa shape index (κ2) is 6.90. The molecule has 0 fully saturated rings. The average Bonchev–Trinajstić information content (AvgIpc) is 2.85. The molecule has 1 aromatic heterocycles. The molecular weight excluding hydrogens is 372 g/mol. The van der Waals surface area contributed by atoms with Gasteiger partial charge in [-0.05, 0) is 52.7 Å². The van der Waals surface area contributed by atoms with Crippen molar-refractivity contribution < 1.29 is 4.79 Å². The Balaban J connectivity index is 2.23. The van der Waals surface area contributed by atoms with Crippen LogP contribution in [0, 0.1) is 18.3 Å². The van der Waals surface area contributed by atoms with Crippen LogP contribution >= 0.6 is 38.9 Å². The number of nitriles is 1. The Morgan fingerprint density at radius 3 is 2.86 bits per heavy atom. The zero-order valence-corrected chi connectivity index (χ0v) is 14.1. The lowest BCUT2D eigenvalue weighted by Gasteiger charge is -2.08. The van der Waals surface area contributed by atoms with Crippen LogP contribution in [0.15, 0.2) is 39.7 Å². The number of aryl methyl sites for hydroxylation is 1. The van der Waals surface area contributed by atoms with Crippen molar-refractivity contribution in [2.24, 2.45) is 0 Å². The lowest BCUT2D eigenvalue weighted by Crippen LogP contribution is -2.14. The molecule has 0 radical (unpaired) electrons. The minimum Gasteiger partial charge on any atom is -0.321 e. The van der Waals surface area contributed by atoms with E-state index in [-0.39, 0.29) is 5.57 Å². The summed E-state index contributed by atoms with van der Waals surface area (Å²) in [5, 5.41) is 14.3. The molecule has 1 N–H and O–H groups in total.